The van der Waals surface area contributed by atoms with Crippen LogP contribution in [0.5, 0.6) is 5.75 Å². The first kappa shape index (κ1) is 14.0. The van der Waals surface area contributed by atoms with Gasteiger partial charge in [0.25, 0.3) is 6.01 Å². The molecule has 3 aromatic heterocycles. The van der Waals surface area contributed by atoms with Gasteiger partial charge in [-0.1, -0.05) is 0 Å². The lowest BCUT2D eigenvalue weighted by atomic mass is 10.2. The van der Waals surface area contributed by atoms with Gasteiger partial charge >= 0.3 is 0 Å². The van der Waals surface area contributed by atoms with Gasteiger partial charge in [-0.3, -0.25) is 4.98 Å². The maximum absolute atomic E-state index is 5.85. The summed E-state index contributed by atoms with van der Waals surface area (Å²) in [7, 11) is 0. The van der Waals surface area contributed by atoms with E-state index >= 15 is 0 Å². The van der Waals surface area contributed by atoms with Crippen molar-refractivity contribution in [3.05, 3.63) is 42.9 Å². The van der Waals surface area contributed by atoms with Crippen LogP contribution in [-0.4, -0.2) is 47.2 Å². The van der Waals surface area contributed by atoms with E-state index in [-0.39, 0.29) is 6.04 Å². The summed E-state index contributed by atoms with van der Waals surface area (Å²) in [5, 5.41) is 3.38. The minimum atomic E-state index is 0.136. The maximum Gasteiger partial charge on any atom is 0.300 e. The molecule has 7 nitrogen and oxygen atoms in total. The number of oxazole rings is 1. The molecule has 0 aromatic carbocycles. The summed E-state index contributed by atoms with van der Waals surface area (Å²) in [6.07, 6.45) is 5.16. The molecule has 0 bridgehead atoms. The minimum absolute atomic E-state index is 0.136. The fourth-order valence-electron chi connectivity index (χ4n) is 2.67. The first-order valence-electron chi connectivity index (χ1n) is 7.62. The van der Waals surface area contributed by atoms with Gasteiger partial charge in [-0.25, -0.2) is 4.98 Å². The molecule has 0 saturated carbocycles. The Kier molecular flexibility index (Phi) is 3.77. The van der Waals surface area contributed by atoms with Gasteiger partial charge in [-0.05, 0) is 24.3 Å². The molecule has 4 rings (SSSR count). The van der Waals surface area contributed by atoms with Crippen LogP contribution < -0.4 is 15.0 Å². The zero-order valence-electron chi connectivity index (χ0n) is 12.6. The smallest absolute Gasteiger partial charge is 0.300 e. The van der Waals surface area contributed by atoms with E-state index < -0.39 is 0 Å². The minimum Gasteiger partial charge on any atom is -0.490 e. The van der Waals surface area contributed by atoms with E-state index in [0.29, 0.717) is 23.9 Å². The summed E-state index contributed by atoms with van der Waals surface area (Å²) in [6, 6.07) is 8.22. The summed E-state index contributed by atoms with van der Waals surface area (Å²) in [6.45, 7) is 3.04. The quantitative estimate of drug-likeness (QED) is 0.782. The molecule has 1 saturated heterocycles. The van der Waals surface area contributed by atoms with Gasteiger partial charge < -0.3 is 19.4 Å². The van der Waals surface area contributed by atoms with Crippen LogP contribution in [0, 0.1) is 0 Å². The van der Waals surface area contributed by atoms with Crippen molar-refractivity contribution in [3.63, 3.8) is 0 Å². The number of fused-ring (bicyclic) bond motifs is 1. The van der Waals surface area contributed by atoms with Crippen LogP contribution in [0.4, 0.5) is 6.01 Å². The van der Waals surface area contributed by atoms with E-state index in [2.05, 4.69) is 25.2 Å². The molecule has 0 radical (unpaired) electrons. The van der Waals surface area contributed by atoms with Gasteiger partial charge in [-0.15, -0.1) is 0 Å². The molecule has 1 fully saturated rings. The Hall–Kier alpha value is -2.67. The van der Waals surface area contributed by atoms with Crippen molar-refractivity contribution in [2.24, 2.45) is 0 Å². The van der Waals surface area contributed by atoms with E-state index in [9.17, 15) is 0 Å². The van der Waals surface area contributed by atoms with Crippen molar-refractivity contribution in [2.75, 3.05) is 31.1 Å². The molecule has 118 valence electrons. The predicted molar refractivity (Wildman–Crippen MR) is 85.5 cm³/mol. The highest BCUT2D eigenvalue weighted by molar-refractivity contribution is 5.69. The van der Waals surface area contributed by atoms with E-state index in [0.717, 1.165) is 25.4 Å². The van der Waals surface area contributed by atoms with Crippen LogP contribution in [-0.2, 0) is 0 Å². The Labute approximate surface area is 133 Å². The lowest BCUT2D eigenvalue weighted by Crippen LogP contribution is -2.54. The van der Waals surface area contributed by atoms with E-state index in [1.165, 1.54) is 0 Å². The number of pyridine rings is 2. The normalized spacial score (nSPS) is 18.3. The molecule has 4 heterocycles. The Bertz CT molecular complexity index is 743. The SMILES string of the molecule is c1cncc(OC[C@@H]2CNCCN2c2nc3ncccc3o2)c1. The zero-order valence-corrected chi connectivity index (χ0v) is 12.6. The molecule has 23 heavy (non-hydrogen) atoms. The molecule has 1 aliphatic heterocycles. The van der Waals surface area contributed by atoms with Crippen LogP contribution in [0.2, 0.25) is 0 Å². The van der Waals surface area contributed by atoms with Crippen molar-refractivity contribution in [2.45, 2.75) is 6.04 Å². The standard InChI is InChI=1S/C16H17N5O2/c1-3-13(10-17-5-1)22-11-12-9-18-7-8-21(12)16-20-15-14(23-16)4-2-6-19-15/h1-6,10,12,18H,7-9,11H2/t12-/m0/s1. The summed E-state index contributed by atoms with van der Waals surface area (Å²) in [5.74, 6) is 0.761. The number of piperazine rings is 1. The average Bonchev–Trinajstić information content (AvgIpc) is 3.05. The van der Waals surface area contributed by atoms with E-state index in [1.54, 1.807) is 18.6 Å². The average molecular weight is 311 g/mol. The van der Waals surface area contributed by atoms with E-state index in [4.69, 9.17) is 9.15 Å². The second kappa shape index (κ2) is 6.21. The second-order valence-electron chi connectivity index (χ2n) is 5.37. The summed E-state index contributed by atoms with van der Waals surface area (Å²) in [5.41, 5.74) is 1.33. The molecule has 1 aliphatic rings. The summed E-state index contributed by atoms with van der Waals surface area (Å²) < 4.78 is 11.7. The van der Waals surface area contributed by atoms with Gasteiger partial charge in [0.05, 0.1) is 12.2 Å². The number of nitrogens with one attached hydrogen (secondary N) is 1. The number of rotatable bonds is 4. The highest BCUT2D eigenvalue weighted by Crippen LogP contribution is 2.23. The number of hydrogen-bond donors (Lipinski definition) is 1. The first-order valence-corrected chi connectivity index (χ1v) is 7.62. The predicted octanol–water partition coefficient (Wildman–Crippen LogP) is 1.47. The summed E-state index contributed by atoms with van der Waals surface area (Å²) >= 11 is 0. The van der Waals surface area contributed by atoms with Crippen LogP contribution >= 0.6 is 0 Å². The monoisotopic (exact) mass is 311 g/mol. The lowest BCUT2D eigenvalue weighted by molar-refractivity contribution is 0.261. The molecule has 0 unspecified atom stereocenters. The lowest BCUT2D eigenvalue weighted by Gasteiger charge is -2.34. The van der Waals surface area contributed by atoms with Gasteiger partial charge in [0.1, 0.15) is 12.4 Å². The number of hydrogen-bond acceptors (Lipinski definition) is 7. The molecule has 7 heteroatoms. The molecule has 0 amide bonds. The second-order valence-corrected chi connectivity index (χ2v) is 5.37. The van der Waals surface area contributed by atoms with Gasteiger partial charge in [0.2, 0.25) is 5.65 Å². The molecule has 1 atom stereocenters. The van der Waals surface area contributed by atoms with Crippen LogP contribution in [0.15, 0.2) is 47.3 Å². The van der Waals surface area contributed by atoms with Crippen molar-refractivity contribution in [1.82, 2.24) is 20.3 Å². The van der Waals surface area contributed by atoms with Crippen molar-refractivity contribution >= 4 is 17.2 Å². The molecule has 3 aromatic rings. The largest absolute Gasteiger partial charge is 0.490 e. The zero-order chi connectivity index (χ0) is 15.5. The Morgan fingerprint density at radius 1 is 1.30 bits per heavy atom. The van der Waals surface area contributed by atoms with Gasteiger partial charge in [0.15, 0.2) is 5.58 Å². The fraction of sp³-hybridized carbons (Fsp3) is 0.312. The molecule has 1 N–H and O–H groups in total. The molecule has 0 aliphatic carbocycles. The molecule has 0 spiro atoms. The number of nitrogens with zero attached hydrogens (tertiary/aromatic N) is 4. The third kappa shape index (κ3) is 2.95. The number of anilines is 1. The summed E-state index contributed by atoms with van der Waals surface area (Å²) in [4.78, 5) is 14.9. The maximum atomic E-state index is 5.85. The van der Waals surface area contributed by atoms with Crippen molar-refractivity contribution in [3.8, 4) is 5.75 Å². The van der Waals surface area contributed by atoms with Gasteiger partial charge in [-0.2, -0.15) is 4.98 Å². The molecular weight excluding hydrogens is 294 g/mol. The van der Waals surface area contributed by atoms with Crippen molar-refractivity contribution in [1.29, 1.82) is 0 Å². The molecular formula is C16H17N5O2. The van der Waals surface area contributed by atoms with Crippen LogP contribution in [0.25, 0.3) is 11.2 Å². The Morgan fingerprint density at radius 2 is 2.26 bits per heavy atom. The van der Waals surface area contributed by atoms with Crippen LogP contribution in [0.1, 0.15) is 0 Å². The fourth-order valence-corrected chi connectivity index (χ4v) is 2.67. The highest BCUT2D eigenvalue weighted by atomic mass is 16.5. The highest BCUT2D eigenvalue weighted by Gasteiger charge is 2.27. The first-order chi connectivity index (χ1) is 11.4. The van der Waals surface area contributed by atoms with E-state index in [1.807, 2.05) is 24.3 Å². The third-order valence-electron chi connectivity index (χ3n) is 3.83. The van der Waals surface area contributed by atoms with Gasteiger partial charge in [0, 0.05) is 32.0 Å². The topological polar surface area (TPSA) is 76.3 Å². The Balaban J connectivity index is 1.53. The number of ether oxygens (including phenoxy) is 1. The van der Waals surface area contributed by atoms with Crippen molar-refractivity contribution < 1.29 is 9.15 Å². The number of aromatic nitrogens is 3. The van der Waals surface area contributed by atoms with Crippen LogP contribution in [0.3, 0.4) is 0 Å². The third-order valence-corrected chi connectivity index (χ3v) is 3.83. The Morgan fingerprint density at radius 3 is 3.13 bits per heavy atom.